The summed E-state index contributed by atoms with van der Waals surface area (Å²) < 4.78 is 0. The van der Waals surface area contributed by atoms with Crippen LogP contribution < -0.4 is 11.1 Å². The second-order valence-corrected chi connectivity index (χ2v) is 4.23. The zero-order valence-corrected chi connectivity index (χ0v) is 10.9. The standard InChI is InChI=1S/C13H18N2.C2H6/c14-13(8-11-6-7-11)10-15-9-12-4-2-1-3-5-12;1-2/h1-5,10-11,15H,6-9,14H2;1-2H3/b13-10-;. The molecule has 3 N–H and O–H groups in total. The molecule has 0 saturated heterocycles. The first-order valence-electron chi connectivity index (χ1n) is 6.56. The van der Waals surface area contributed by atoms with Gasteiger partial charge in [-0.15, -0.1) is 0 Å². The molecule has 17 heavy (non-hydrogen) atoms. The molecule has 0 atom stereocenters. The number of hydrogen-bond donors (Lipinski definition) is 2. The van der Waals surface area contributed by atoms with E-state index in [-0.39, 0.29) is 0 Å². The van der Waals surface area contributed by atoms with Crippen LogP contribution in [0, 0.1) is 5.92 Å². The Morgan fingerprint density at radius 1 is 1.29 bits per heavy atom. The molecule has 0 radical (unpaired) electrons. The lowest BCUT2D eigenvalue weighted by atomic mass is 10.2. The summed E-state index contributed by atoms with van der Waals surface area (Å²) in [6.07, 6.45) is 5.72. The topological polar surface area (TPSA) is 38.0 Å². The van der Waals surface area contributed by atoms with Crippen LogP contribution in [0.4, 0.5) is 0 Å². The molecule has 0 aliphatic heterocycles. The van der Waals surface area contributed by atoms with Gasteiger partial charge < -0.3 is 11.1 Å². The predicted octanol–water partition coefficient (Wildman–Crippen LogP) is 3.40. The largest absolute Gasteiger partial charge is 0.401 e. The quantitative estimate of drug-likeness (QED) is 0.816. The molecule has 2 rings (SSSR count). The molecule has 0 amide bonds. The van der Waals surface area contributed by atoms with Gasteiger partial charge in [0.2, 0.25) is 0 Å². The monoisotopic (exact) mass is 232 g/mol. The maximum atomic E-state index is 5.88. The van der Waals surface area contributed by atoms with E-state index in [1.54, 1.807) is 0 Å². The van der Waals surface area contributed by atoms with Crippen LogP contribution in [0.5, 0.6) is 0 Å². The summed E-state index contributed by atoms with van der Waals surface area (Å²) >= 11 is 0. The Morgan fingerprint density at radius 3 is 2.53 bits per heavy atom. The zero-order valence-electron chi connectivity index (χ0n) is 10.9. The molecule has 1 fully saturated rings. The van der Waals surface area contributed by atoms with E-state index in [9.17, 15) is 0 Å². The molecule has 1 saturated carbocycles. The van der Waals surface area contributed by atoms with Crippen molar-refractivity contribution in [3.63, 3.8) is 0 Å². The van der Waals surface area contributed by atoms with Crippen molar-refractivity contribution in [2.45, 2.75) is 39.7 Å². The molecule has 0 aromatic heterocycles. The molecule has 1 aromatic rings. The number of nitrogens with two attached hydrogens (primary N) is 1. The fourth-order valence-corrected chi connectivity index (χ4v) is 1.61. The summed E-state index contributed by atoms with van der Waals surface area (Å²) in [5.74, 6) is 0.861. The average Bonchev–Trinajstić information content (AvgIpc) is 3.17. The number of rotatable bonds is 5. The molecule has 0 unspecified atom stereocenters. The lowest BCUT2D eigenvalue weighted by molar-refractivity contribution is 0.780. The van der Waals surface area contributed by atoms with Gasteiger partial charge in [0.15, 0.2) is 0 Å². The molecule has 0 spiro atoms. The van der Waals surface area contributed by atoms with Crippen molar-refractivity contribution < 1.29 is 0 Å². The lowest BCUT2D eigenvalue weighted by Crippen LogP contribution is -2.09. The van der Waals surface area contributed by atoms with Gasteiger partial charge in [-0.25, -0.2) is 0 Å². The van der Waals surface area contributed by atoms with Crippen molar-refractivity contribution in [3.05, 3.63) is 47.8 Å². The van der Waals surface area contributed by atoms with E-state index in [0.29, 0.717) is 0 Å². The molecule has 0 bridgehead atoms. The fourth-order valence-electron chi connectivity index (χ4n) is 1.61. The van der Waals surface area contributed by atoms with Gasteiger partial charge in [0.1, 0.15) is 0 Å². The summed E-state index contributed by atoms with van der Waals surface area (Å²) in [7, 11) is 0. The molecule has 0 heterocycles. The fraction of sp³-hybridized carbons (Fsp3) is 0.467. The van der Waals surface area contributed by atoms with Crippen LogP contribution in [0.1, 0.15) is 38.7 Å². The summed E-state index contributed by atoms with van der Waals surface area (Å²) in [5, 5.41) is 3.25. The predicted molar refractivity (Wildman–Crippen MR) is 74.2 cm³/mol. The smallest absolute Gasteiger partial charge is 0.0395 e. The summed E-state index contributed by atoms with van der Waals surface area (Å²) in [6.45, 7) is 4.85. The zero-order chi connectivity index (χ0) is 12.5. The highest BCUT2D eigenvalue weighted by Gasteiger charge is 2.21. The molecular formula is C15H24N2. The van der Waals surface area contributed by atoms with E-state index in [0.717, 1.165) is 24.6 Å². The third-order valence-electron chi connectivity index (χ3n) is 2.66. The van der Waals surface area contributed by atoms with Crippen molar-refractivity contribution in [2.24, 2.45) is 11.7 Å². The minimum Gasteiger partial charge on any atom is -0.401 e. The molecule has 2 heteroatoms. The first-order chi connectivity index (χ1) is 8.34. The van der Waals surface area contributed by atoms with Crippen molar-refractivity contribution in [1.29, 1.82) is 0 Å². The van der Waals surface area contributed by atoms with Crippen LogP contribution in [-0.4, -0.2) is 0 Å². The highest BCUT2D eigenvalue weighted by Crippen LogP contribution is 2.33. The van der Waals surface area contributed by atoms with Crippen LogP contribution >= 0.6 is 0 Å². The first-order valence-corrected chi connectivity index (χ1v) is 6.56. The van der Waals surface area contributed by atoms with Gasteiger partial charge in [0.25, 0.3) is 0 Å². The Labute approximate surface area is 105 Å². The SMILES string of the molecule is CC.N/C(=C\NCc1ccccc1)CC1CC1. The summed E-state index contributed by atoms with van der Waals surface area (Å²) in [6, 6.07) is 10.3. The Bertz CT molecular complexity index is 326. The highest BCUT2D eigenvalue weighted by molar-refractivity contribution is 5.14. The summed E-state index contributed by atoms with van der Waals surface area (Å²) in [5.41, 5.74) is 8.14. The van der Waals surface area contributed by atoms with Gasteiger partial charge in [0, 0.05) is 18.4 Å². The van der Waals surface area contributed by atoms with E-state index in [4.69, 9.17) is 5.73 Å². The molecule has 94 valence electrons. The number of benzene rings is 1. The minimum absolute atomic E-state index is 0.853. The van der Waals surface area contributed by atoms with E-state index in [1.165, 1.54) is 18.4 Å². The van der Waals surface area contributed by atoms with Crippen LogP contribution in [0.3, 0.4) is 0 Å². The maximum absolute atomic E-state index is 5.88. The normalized spacial score (nSPS) is 14.8. The van der Waals surface area contributed by atoms with Gasteiger partial charge in [-0.2, -0.15) is 0 Å². The Balaban J connectivity index is 0.000000686. The first kappa shape index (κ1) is 13.6. The minimum atomic E-state index is 0.853. The van der Waals surface area contributed by atoms with Crippen LogP contribution in [-0.2, 0) is 6.54 Å². The van der Waals surface area contributed by atoms with Crippen LogP contribution in [0.25, 0.3) is 0 Å². The maximum Gasteiger partial charge on any atom is 0.0395 e. The third kappa shape index (κ3) is 6.00. The van der Waals surface area contributed by atoms with Crippen molar-refractivity contribution in [2.75, 3.05) is 0 Å². The Kier molecular flexibility index (Phi) is 6.23. The molecule has 1 aromatic carbocycles. The van der Waals surface area contributed by atoms with E-state index in [1.807, 2.05) is 38.2 Å². The number of allylic oxidation sites excluding steroid dienone is 1. The summed E-state index contributed by atoms with van der Waals surface area (Å²) in [4.78, 5) is 0. The van der Waals surface area contributed by atoms with Gasteiger partial charge in [-0.1, -0.05) is 44.2 Å². The van der Waals surface area contributed by atoms with Gasteiger partial charge >= 0.3 is 0 Å². The van der Waals surface area contributed by atoms with E-state index in [2.05, 4.69) is 17.4 Å². The van der Waals surface area contributed by atoms with Crippen molar-refractivity contribution in [3.8, 4) is 0 Å². The number of nitrogens with one attached hydrogen (secondary N) is 1. The van der Waals surface area contributed by atoms with E-state index < -0.39 is 0 Å². The van der Waals surface area contributed by atoms with Crippen LogP contribution in [0.15, 0.2) is 42.2 Å². The van der Waals surface area contributed by atoms with Crippen molar-refractivity contribution in [1.82, 2.24) is 5.32 Å². The van der Waals surface area contributed by atoms with Crippen LogP contribution in [0.2, 0.25) is 0 Å². The third-order valence-corrected chi connectivity index (χ3v) is 2.66. The van der Waals surface area contributed by atoms with Gasteiger partial charge in [-0.05, 0) is 30.7 Å². The average molecular weight is 232 g/mol. The molecule has 1 aliphatic carbocycles. The van der Waals surface area contributed by atoms with Gasteiger partial charge in [-0.3, -0.25) is 0 Å². The lowest BCUT2D eigenvalue weighted by Gasteiger charge is -2.03. The Morgan fingerprint density at radius 2 is 1.94 bits per heavy atom. The molecule has 1 aliphatic rings. The second-order valence-electron chi connectivity index (χ2n) is 4.23. The number of hydrogen-bond acceptors (Lipinski definition) is 2. The van der Waals surface area contributed by atoms with Gasteiger partial charge in [0.05, 0.1) is 0 Å². The highest BCUT2D eigenvalue weighted by atomic mass is 14.8. The molecular weight excluding hydrogens is 208 g/mol. The Hall–Kier alpha value is -1.44. The van der Waals surface area contributed by atoms with Crippen molar-refractivity contribution >= 4 is 0 Å². The van der Waals surface area contributed by atoms with E-state index >= 15 is 0 Å². The molecule has 2 nitrogen and oxygen atoms in total. The second kappa shape index (κ2) is 7.77.